The molecular formula is C14H21N. The first-order valence-electron chi connectivity index (χ1n) is 5.66. The van der Waals surface area contributed by atoms with Crippen molar-refractivity contribution in [3.63, 3.8) is 0 Å². The monoisotopic (exact) mass is 203 g/mol. The lowest BCUT2D eigenvalue weighted by atomic mass is 10.3. The molecule has 0 unspecified atom stereocenters. The van der Waals surface area contributed by atoms with Crippen molar-refractivity contribution >= 4 is 0 Å². The minimum atomic E-state index is 1.17. The lowest BCUT2D eigenvalue weighted by molar-refractivity contribution is 0.948. The van der Waals surface area contributed by atoms with E-state index in [1.54, 1.807) is 12.4 Å². The largest absolute Gasteiger partial charge is 0.265 e. The van der Waals surface area contributed by atoms with Crippen molar-refractivity contribution in [2.24, 2.45) is 0 Å². The van der Waals surface area contributed by atoms with Crippen molar-refractivity contribution in [1.82, 2.24) is 4.98 Å². The molecule has 1 heteroatoms. The normalized spacial score (nSPS) is 8.13. The Bertz CT molecular complexity index is 221. The minimum Gasteiger partial charge on any atom is -0.265 e. The quantitative estimate of drug-likeness (QED) is 0.662. The molecule has 82 valence electrons. The molecule has 1 heterocycles. The molecule has 0 aliphatic rings. The molecule has 15 heavy (non-hydrogen) atoms. The average molecular weight is 203 g/mol. The van der Waals surface area contributed by atoms with Gasteiger partial charge < -0.3 is 0 Å². The van der Waals surface area contributed by atoms with Crippen molar-refractivity contribution in [2.75, 3.05) is 0 Å². The number of allylic oxidation sites excluding steroid dienone is 1. The number of pyridine rings is 1. The molecule has 0 saturated heterocycles. The third-order valence-electron chi connectivity index (χ3n) is 1.67. The van der Waals surface area contributed by atoms with Crippen LogP contribution in [0, 0.1) is 0 Å². The number of hydrogen-bond donors (Lipinski definition) is 0. The molecule has 0 amide bonds. The van der Waals surface area contributed by atoms with Crippen LogP contribution in [0.1, 0.15) is 39.5 Å². The third-order valence-corrected chi connectivity index (χ3v) is 1.67. The van der Waals surface area contributed by atoms with Crippen LogP contribution in [0.3, 0.4) is 0 Å². The molecule has 0 radical (unpaired) electrons. The van der Waals surface area contributed by atoms with Gasteiger partial charge in [-0.15, -0.1) is 5.73 Å². The highest BCUT2D eigenvalue weighted by Crippen LogP contribution is 1.89. The van der Waals surface area contributed by atoms with Crippen LogP contribution < -0.4 is 0 Å². The van der Waals surface area contributed by atoms with Gasteiger partial charge in [0.2, 0.25) is 0 Å². The van der Waals surface area contributed by atoms with E-state index < -0.39 is 0 Å². The van der Waals surface area contributed by atoms with E-state index in [0.717, 1.165) is 0 Å². The Morgan fingerprint density at radius 1 is 0.933 bits per heavy atom. The van der Waals surface area contributed by atoms with Crippen molar-refractivity contribution in [3.8, 4) is 0 Å². The van der Waals surface area contributed by atoms with Crippen LogP contribution in [0.4, 0.5) is 0 Å². The lowest BCUT2D eigenvalue weighted by Crippen LogP contribution is -1.58. The van der Waals surface area contributed by atoms with Crippen LogP contribution in [0.2, 0.25) is 0 Å². The summed E-state index contributed by atoms with van der Waals surface area (Å²) >= 11 is 0. The Balaban J connectivity index is 0.000000280. The van der Waals surface area contributed by atoms with Crippen LogP contribution in [0.15, 0.2) is 48.5 Å². The smallest absolute Gasteiger partial charge is 0.0267 e. The first-order chi connectivity index (χ1) is 7.41. The molecule has 1 nitrogen and oxygen atoms in total. The zero-order chi connectivity index (χ0) is 11.2. The van der Waals surface area contributed by atoms with Gasteiger partial charge in [-0.05, 0) is 37.1 Å². The molecule has 0 aromatic carbocycles. The highest BCUT2D eigenvalue weighted by atomic mass is 14.6. The summed E-state index contributed by atoms with van der Waals surface area (Å²) in [6, 6.07) is 5.72. The maximum Gasteiger partial charge on any atom is 0.0267 e. The zero-order valence-electron chi connectivity index (χ0n) is 9.82. The van der Waals surface area contributed by atoms with E-state index >= 15 is 0 Å². The molecule has 0 atom stereocenters. The average Bonchev–Trinajstić information content (AvgIpc) is 2.32. The molecule has 0 spiro atoms. The highest BCUT2D eigenvalue weighted by molar-refractivity contribution is 4.88. The fraction of sp³-hybridized carbons (Fsp3) is 0.429. The Kier molecular flexibility index (Phi) is 11.5. The third kappa shape index (κ3) is 12.7. The van der Waals surface area contributed by atoms with Crippen LogP contribution >= 0.6 is 0 Å². The second kappa shape index (κ2) is 12.7. The van der Waals surface area contributed by atoms with Gasteiger partial charge in [0.05, 0.1) is 0 Å². The predicted molar refractivity (Wildman–Crippen MR) is 66.7 cm³/mol. The summed E-state index contributed by atoms with van der Waals surface area (Å²) in [5.41, 5.74) is 3.14. The van der Waals surface area contributed by atoms with Gasteiger partial charge in [-0.1, -0.05) is 32.8 Å². The molecule has 0 aliphatic heterocycles. The van der Waals surface area contributed by atoms with E-state index in [0.29, 0.717) is 0 Å². The topological polar surface area (TPSA) is 12.9 Å². The van der Waals surface area contributed by atoms with Gasteiger partial charge in [0.25, 0.3) is 0 Å². The SMILES string of the molecule is CCCC=C=CCCC.c1ccncc1. The first kappa shape index (κ1) is 13.7. The lowest BCUT2D eigenvalue weighted by Gasteiger charge is -1.78. The molecular weight excluding hydrogens is 182 g/mol. The zero-order valence-corrected chi connectivity index (χ0v) is 9.82. The van der Waals surface area contributed by atoms with E-state index in [9.17, 15) is 0 Å². The Hall–Kier alpha value is -1.33. The minimum absolute atomic E-state index is 1.17. The predicted octanol–water partition coefficient (Wildman–Crippen LogP) is 4.38. The summed E-state index contributed by atoms with van der Waals surface area (Å²) in [5, 5.41) is 0. The molecule has 1 aromatic heterocycles. The fourth-order valence-corrected chi connectivity index (χ4v) is 0.851. The van der Waals surface area contributed by atoms with Crippen LogP contribution in [0.25, 0.3) is 0 Å². The van der Waals surface area contributed by atoms with Crippen LogP contribution in [0.5, 0.6) is 0 Å². The standard InChI is InChI=1S/C9H16.C5H5N/c1-3-5-7-9-8-6-4-2;1-2-4-6-5-3-1/h7-8H,3-6H2,1-2H3;1-5H. The highest BCUT2D eigenvalue weighted by Gasteiger charge is 1.69. The van der Waals surface area contributed by atoms with Crippen molar-refractivity contribution in [2.45, 2.75) is 39.5 Å². The maximum absolute atomic E-state index is 3.78. The number of unbranched alkanes of at least 4 members (excludes halogenated alkanes) is 2. The van der Waals surface area contributed by atoms with Gasteiger partial charge in [0.15, 0.2) is 0 Å². The second-order valence-corrected chi connectivity index (χ2v) is 3.18. The summed E-state index contributed by atoms with van der Waals surface area (Å²) in [6.45, 7) is 4.36. The number of nitrogens with zero attached hydrogens (tertiary/aromatic N) is 1. The summed E-state index contributed by atoms with van der Waals surface area (Å²) in [5.74, 6) is 0. The van der Waals surface area contributed by atoms with Gasteiger partial charge >= 0.3 is 0 Å². The Morgan fingerprint density at radius 3 is 1.73 bits per heavy atom. The summed E-state index contributed by atoms with van der Waals surface area (Å²) < 4.78 is 0. The molecule has 1 rings (SSSR count). The van der Waals surface area contributed by atoms with Crippen molar-refractivity contribution < 1.29 is 0 Å². The van der Waals surface area contributed by atoms with Crippen molar-refractivity contribution in [3.05, 3.63) is 48.5 Å². The number of aromatic nitrogens is 1. The molecule has 0 bridgehead atoms. The first-order valence-corrected chi connectivity index (χ1v) is 5.66. The number of rotatable bonds is 4. The second-order valence-electron chi connectivity index (χ2n) is 3.18. The summed E-state index contributed by atoms with van der Waals surface area (Å²) in [6.07, 6.45) is 12.5. The van der Waals surface area contributed by atoms with Gasteiger partial charge in [-0.2, -0.15) is 0 Å². The fourth-order valence-electron chi connectivity index (χ4n) is 0.851. The Morgan fingerprint density at radius 2 is 1.47 bits per heavy atom. The molecule has 1 aromatic rings. The summed E-state index contributed by atoms with van der Waals surface area (Å²) in [4.78, 5) is 3.78. The van der Waals surface area contributed by atoms with Crippen LogP contribution in [-0.2, 0) is 0 Å². The van der Waals surface area contributed by atoms with Crippen molar-refractivity contribution in [1.29, 1.82) is 0 Å². The molecule has 0 fully saturated rings. The van der Waals surface area contributed by atoms with E-state index in [4.69, 9.17) is 0 Å². The molecule has 0 aliphatic carbocycles. The molecule has 0 saturated carbocycles. The van der Waals surface area contributed by atoms with E-state index in [-0.39, 0.29) is 0 Å². The van der Waals surface area contributed by atoms with Gasteiger partial charge in [-0.3, -0.25) is 4.98 Å². The van der Waals surface area contributed by atoms with E-state index in [2.05, 4.69) is 36.7 Å². The van der Waals surface area contributed by atoms with Gasteiger partial charge in [-0.25, -0.2) is 0 Å². The van der Waals surface area contributed by atoms with Gasteiger partial charge in [0, 0.05) is 12.4 Å². The van der Waals surface area contributed by atoms with Gasteiger partial charge in [0.1, 0.15) is 0 Å². The van der Waals surface area contributed by atoms with E-state index in [1.807, 2.05) is 18.2 Å². The van der Waals surface area contributed by atoms with E-state index in [1.165, 1.54) is 25.7 Å². The molecule has 0 N–H and O–H groups in total. The number of hydrogen-bond acceptors (Lipinski definition) is 1. The summed E-state index contributed by atoms with van der Waals surface area (Å²) in [7, 11) is 0. The Labute approximate surface area is 93.6 Å². The maximum atomic E-state index is 3.78. The van der Waals surface area contributed by atoms with Crippen LogP contribution in [-0.4, -0.2) is 4.98 Å².